The average Bonchev–Trinajstić information content (AvgIpc) is 2.84. The molecule has 1 N–H and O–H groups in total. The number of anilines is 1. The molecule has 0 saturated carbocycles. The van der Waals surface area contributed by atoms with E-state index in [0.717, 1.165) is 27.6 Å². The van der Waals surface area contributed by atoms with E-state index in [0.29, 0.717) is 0 Å². The highest BCUT2D eigenvalue weighted by atomic mass is 79.9. The highest BCUT2D eigenvalue weighted by Crippen LogP contribution is 2.24. The largest absolute Gasteiger partial charge is 0.355 e. The number of nitrogens with zero attached hydrogens (tertiary/aromatic N) is 2. The molecular weight excluding hydrogens is 294 g/mol. The van der Waals surface area contributed by atoms with Gasteiger partial charge in [-0.3, -0.25) is 0 Å². The van der Waals surface area contributed by atoms with Crippen molar-refractivity contribution in [3.05, 3.63) is 25.8 Å². The van der Waals surface area contributed by atoms with Crippen molar-refractivity contribution in [3.63, 3.8) is 0 Å². The summed E-state index contributed by atoms with van der Waals surface area (Å²) in [7, 11) is 0. The second-order valence-corrected chi connectivity index (χ2v) is 5.82. The molecule has 0 fully saturated rings. The summed E-state index contributed by atoms with van der Waals surface area (Å²) in [5, 5.41) is 15.4. The Morgan fingerprint density at radius 1 is 1.47 bits per heavy atom. The lowest BCUT2D eigenvalue weighted by molar-refractivity contribution is 0.977. The molecule has 15 heavy (non-hydrogen) atoms. The van der Waals surface area contributed by atoms with Gasteiger partial charge >= 0.3 is 0 Å². The van der Waals surface area contributed by atoms with E-state index in [2.05, 4.69) is 49.8 Å². The minimum absolute atomic E-state index is 0.802. The fraction of sp³-hybridized carbons (Fsp3) is 0.333. The number of thiophene rings is 1. The summed E-state index contributed by atoms with van der Waals surface area (Å²) in [6.45, 7) is 2.89. The summed E-state index contributed by atoms with van der Waals surface area (Å²) in [4.78, 5) is 1.28. The van der Waals surface area contributed by atoms with Crippen LogP contribution in [0.1, 0.15) is 16.8 Å². The third-order valence-corrected chi connectivity index (χ3v) is 4.81. The number of aromatic nitrogens is 2. The van der Waals surface area contributed by atoms with E-state index in [1.807, 2.05) is 0 Å². The quantitative estimate of drug-likeness (QED) is 0.939. The highest BCUT2D eigenvalue weighted by Gasteiger charge is 2.04. The standard InChI is InChI=1S/C9H10BrN3S2/c1-2-8-12-13-9(15-8)11-5-7-6(10)3-4-14-7/h3-4H,2,5H2,1H3,(H,11,13). The monoisotopic (exact) mass is 303 g/mol. The molecule has 3 nitrogen and oxygen atoms in total. The summed E-state index contributed by atoms with van der Waals surface area (Å²) in [6.07, 6.45) is 0.946. The van der Waals surface area contributed by atoms with Crippen LogP contribution in [0.15, 0.2) is 15.9 Å². The van der Waals surface area contributed by atoms with Gasteiger partial charge in [-0.05, 0) is 33.8 Å². The number of aryl methyl sites for hydroxylation is 1. The molecule has 2 aromatic rings. The lowest BCUT2D eigenvalue weighted by Crippen LogP contribution is -1.97. The van der Waals surface area contributed by atoms with Crippen LogP contribution in [-0.4, -0.2) is 10.2 Å². The maximum absolute atomic E-state index is 4.06. The van der Waals surface area contributed by atoms with Gasteiger partial charge in [0.1, 0.15) is 5.01 Å². The Bertz CT molecular complexity index is 438. The summed E-state index contributed by atoms with van der Waals surface area (Å²) in [6, 6.07) is 2.05. The lowest BCUT2D eigenvalue weighted by Gasteiger charge is -1.99. The number of halogens is 1. The summed E-state index contributed by atoms with van der Waals surface area (Å²) < 4.78 is 1.15. The Hall–Kier alpha value is -0.460. The first-order valence-corrected chi connectivity index (χ1v) is 7.06. The number of rotatable bonds is 4. The Kier molecular flexibility index (Phi) is 3.71. The zero-order valence-corrected chi connectivity index (χ0v) is 11.4. The maximum Gasteiger partial charge on any atom is 0.205 e. The van der Waals surface area contributed by atoms with Gasteiger partial charge in [-0.2, -0.15) is 0 Å². The first-order chi connectivity index (χ1) is 7.29. The van der Waals surface area contributed by atoms with Gasteiger partial charge in [0, 0.05) is 9.35 Å². The molecule has 0 bridgehead atoms. The van der Waals surface area contributed by atoms with Crippen molar-refractivity contribution in [2.24, 2.45) is 0 Å². The van der Waals surface area contributed by atoms with Gasteiger partial charge in [0.2, 0.25) is 5.13 Å². The first-order valence-electron chi connectivity index (χ1n) is 4.57. The number of hydrogen-bond acceptors (Lipinski definition) is 5. The molecule has 2 heterocycles. The fourth-order valence-electron chi connectivity index (χ4n) is 1.08. The van der Waals surface area contributed by atoms with E-state index in [4.69, 9.17) is 0 Å². The van der Waals surface area contributed by atoms with Crippen molar-refractivity contribution < 1.29 is 0 Å². The Balaban J connectivity index is 1.96. The van der Waals surface area contributed by atoms with Crippen molar-refractivity contribution >= 4 is 43.7 Å². The lowest BCUT2D eigenvalue weighted by atomic mass is 10.5. The van der Waals surface area contributed by atoms with Crippen LogP contribution in [0.25, 0.3) is 0 Å². The van der Waals surface area contributed by atoms with Gasteiger partial charge in [0.15, 0.2) is 0 Å². The average molecular weight is 304 g/mol. The minimum Gasteiger partial charge on any atom is -0.355 e. The van der Waals surface area contributed by atoms with Gasteiger partial charge in [0.05, 0.1) is 6.54 Å². The number of hydrogen-bond donors (Lipinski definition) is 1. The molecule has 2 rings (SSSR count). The van der Waals surface area contributed by atoms with E-state index in [9.17, 15) is 0 Å². The predicted molar refractivity (Wildman–Crippen MR) is 68.6 cm³/mol. The van der Waals surface area contributed by atoms with Crippen LogP contribution in [0.5, 0.6) is 0 Å². The van der Waals surface area contributed by atoms with Crippen molar-refractivity contribution in [3.8, 4) is 0 Å². The van der Waals surface area contributed by atoms with Crippen molar-refractivity contribution in [1.29, 1.82) is 0 Å². The van der Waals surface area contributed by atoms with Crippen molar-refractivity contribution in [2.45, 2.75) is 19.9 Å². The third kappa shape index (κ3) is 2.76. The second kappa shape index (κ2) is 5.05. The van der Waals surface area contributed by atoms with Gasteiger partial charge in [-0.15, -0.1) is 21.5 Å². The molecule has 0 spiro atoms. The van der Waals surface area contributed by atoms with E-state index in [1.165, 1.54) is 4.88 Å². The Morgan fingerprint density at radius 3 is 2.93 bits per heavy atom. The minimum atomic E-state index is 0.802. The van der Waals surface area contributed by atoms with Crippen molar-refractivity contribution in [1.82, 2.24) is 10.2 Å². The van der Waals surface area contributed by atoms with Crippen LogP contribution in [0.2, 0.25) is 0 Å². The molecular formula is C9H10BrN3S2. The molecule has 80 valence electrons. The van der Waals surface area contributed by atoms with Crippen molar-refractivity contribution in [2.75, 3.05) is 5.32 Å². The van der Waals surface area contributed by atoms with Crippen LogP contribution < -0.4 is 5.32 Å². The molecule has 0 saturated heterocycles. The zero-order valence-electron chi connectivity index (χ0n) is 8.16. The zero-order chi connectivity index (χ0) is 10.7. The van der Waals surface area contributed by atoms with Gasteiger partial charge in [-0.25, -0.2) is 0 Å². The predicted octanol–water partition coefficient (Wildman–Crippen LogP) is 3.54. The molecule has 0 radical (unpaired) electrons. The summed E-state index contributed by atoms with van der Waals surface area (Å²) in [5.41, 5.74) is 0. The maximum atomic E-state index is 4.06. The van der Waals surface area contributed by atoms with Gasteiger partial charge in [-0.1, -0.05) is 18.3 Å². The van der Waals surface area contributed by atoms with Gasteiger partial charge in [0.25, 0.3) is 0 Å². The van der Waals surface area contributed by atoms with Crippen LogP contribution in [0.4, 0.5) is 5.13 Å². The Morgan fingerprint density at radius 2 is 2.33 bits per heavy atom. The molecule has 0 amide bonds. The molecule has 0 aliphatic carbocycles. The molecule has 0 aliphatic heterocycles. The van der Waals surface area contributed by atoms with E-state index < -0.39 is 0 Å². The van der Waals surface area contributed by atoms with Crippen LogP contribution in [0.3, 0.4) is 0 Å². The molecule has 0 aromatic carbocycles. The fourth-order valence-corrected chi connectivity index (χ4v) is 3.18. The van der Waals surface area contributed by atoms with E-state index in [-0.39, 0.29) is 0 Å². The van der Waals surface area contributed by atoms with E-state index in [1.54, 1.807) is 22.7 Å². The topological polar surface area (TPSA) is 37.8 Å². The summed E-state index contributed by atoms with van der Waals surface area (Å²) in [5.74, 6) is 0. The van der Waals surface area contributed by atoms with Crippen LogP contribution in [0, 0.1) is 0 Å². The number of nitrogens with one attached hydrogen (secondary N) is 1. The third-order valence-electron chi connectivity index (χ3n) is 1.86. The molecule has 0 atom stereocenters. The molecule has 0 aliphatic rings. The highest BCUT2D eigenvalue weighted by molar-refractivity contribution is 9.10. The molecule has 6 heteroatoms. The Labute approximate surface area is 105 Å². The first kappa shape index (κ1) is 11.0. The smallest absolute Gasteiger partial charge is 0.205 e. The molecule has 0 unspecified atom stereocenters. The van der Waals surface area contributed by atoms with Gasteiger partial charge < -0.3 is 5.32 Å². The molecule has 2 aromatic heterocycles. The summed E-state index contributed by atoms with van der Waals surface area (Å²) >= 11 is 6.84. The van der Waals surface area contributed by atoms with Crippen LogP contribution in [-0.2, 0) is 13.0 Å². The SMILES string of the molecule is CCc1nnc(NCc2sccc2Br)s1. The normalized spacial score (nSPS) is 10.5. The van der Waals surface area contributed by atoms with E-state index >= 15 is 0 Å². The second-order valence-electron chi connectivity index (χ2n) is 2.90. The van der Waals surface area contributed by atoms with Crippen LogP contribution >= 0.6 is 38.6 Å².